The Labute approximate surface area is 179 Å². The number of sulfonamides is 1. The zero-order valence-corrected chi connectivity index (χ0v) is 18.1. The van der Waals surface area contributed by atoms with Crippen LogP contribution in [0.15, 0.2) is 52.7 Å². The van der Waals surface area contributed by atoms with Gasteiger partial charge in [-0.3, -0.25) is 9.89 Å². The van der Waals surface area contributed by atoms with Gasteiger partial charge in [0.25, 0.3) is 5.91 Å². The van der Waals surface area contributed by atoms with E-state index in [1.165, 1.54) is 4.31 Å². The molecule has 30 heavy (non-hydrogen) atoms. The van der Waals surface area contributed by atoms with E-state index in [0.29, 0.717) is 31.1 Å². The monoisotopic (exact) mass is 446 g/mol. The quantitative estimate of drug-likeness (QED) is 0.628. The molecule has 1 fully saturated rings. The topological polar surface area (TPSA) is 95.6 Å². The first-order valence-corrected chi connectivity index (χ1v) is 11.9. The zero-order valence-electron chi connectivity index (χ0n) is 16.4. The zero-order chi connectivity index (χ0) is 21.1. The number of carbonyl (C=O) groups excluding carboxylic acids is 1. The maximum absolute atomic E-state index is 12.9. The third kappa shape index (κ3) is 4.11. The minimum Gasteiger partial charge on any atom is -0.494 e. The Hall–Kier alpha value is -2.69. The summed E-state index contributed by atoms with van der Waals surface area (Å²) in [4.78, 5) is 15.6. The second kappa shape index (κ2) is 8.58. The van der Waals surface area contributed by atoms with Crippen molar-refractivity contribution in [3.63, 3.8) is 0 Å². The smallest absolute Gasteiger partial charge is 0.274 e. The average molecular weight is 447 g/mol. The normalized spacial score (nSPS) is 15.3. The van der Waals surface area contributed by atoms with Crippen LogP contribution in [0.1, 0.15) is 17.4 Å². The lowest BCUT2D eigenvalue weighted by atomic mass is 10.2. The summed E-state index contributed by atoms with van der Waals surface area (Å²) in [7, 11) is -3.61. The van der Waals surface area contributed by atoms with E-state index in [1.807, 2.05) is 24.4 Å². The number of ether oxygens (including phenoxy) is 1. The van der Waals surface area contributed by atoms with Crippen molar-refractivity contribution in [2.45, 2.75) is 11.8 Å². The van der Waals surface area contributed by atoms with Crippen LogP contribution in [0.2, 0.25) is 0 Å². The highest BCUT2D eigenvalue weighted by molar-refractivity contribution is 7.89. The van der Waals surface area contributed by atoms with Crippen molar-refractivity contribution in [1.82, 2.24) is 19.4 Å². The lowest BCUT2D eigenvalue weighted by Gasteiger charge is -2.33. The Bertz CT molecular complexity index is 1100. The van der Waals surface area contributed by atoms with Crippen LogP contribution in [-0.2, 0) is 10.0 Å². The molecule has 1 amide bonds. The molecule has 158 valence electrons. The summed E-state index contributed by atoms with van der Waals surface area (Å²) in [5, 5.41) is 8.99. The van der Waals surface area contributed by atoms with Crippen LogP contribution in [-0.4, -0.2) is 66.5 Å². The number of thiophene rings is 1. The predicted octanol–water partition coefficient (Wildman–Crippen LogP) is 2.68. The SMILES string of the molecule is CCOc1ccc(S(=O)(=O)N2CCN(C(=O)c3cc(-c4cccs4)[nH]n3)CC2)cc1. The molecule has 3 heterocycles. The Morgan fingerprint density at radius 1 is 1.17 bits per heavy atom. The number of H-pyrrole nitrogens is 1. The fourth-order valence-electron chi connectivity index (χ4n) is 3.31. The molecule has 1 aromatic carbocycles. The first kappa shape index (κ1) is 20.6. The third-order valence-electron chi connectivity index (χ3n) is 4.88. The lowest BCUT2D eigenvalue weighted by molar-refractivity contribution is 0.0692. The second-order valence-electron chi connectivity index (χ2n) is 6.74. The van der Waals surface area contributed by atoms with E-state index in [2.05, 4.69) is 10.2 Å². The molecule has 0 aliphatic carbocycles. The van der Waals surface area contributed by atoms with Crippen molar-refractivity contribution in [3.05, 3.63) is 53.5 Å². The van der Waals surface area contributed by atoms with Crippen LogP contribution in [0.4, 0.5) is 0 Å². The van der Waals surface area contributed by atoms with Crippen molar-refractivity contribution in [2.24, 2.45) is 0 Å². The highest BCUT2D eigenvalue weighted by Gasteiger charge is 2.31. The Morgan fingerprint density at radius 2 is 1.90 bits per heavy atom. The first-order valence-electron chi connectivity index (χ1n) is 9.60. The molecule has 0 bridgehead atoms. The van der Waals surface area contributed by atoms with Gasteiger partial charge >= 0.3 is 0 Å². The number of benzene rings is 1. The Balaban J connectivity index is 1.40. The molecule has 0 unspecified atom stereocenters. The van der Waals surface area contributed by atoms with E-state index in [1.54, 1.807) is 46.6 Å². The molecular formula is C20H22N4O4S2. The number of carbonyl (C=O) groups is 1. The summed E-state index contributed by atoms with van der Waals surface area (Å²) in [6.45, 7) is 3.50. The standard InChI is InChI=1S/C20H22N4O4S2/c1-2-28-15-5-7-16(8-6-15)30(26,27)24-11-9-23(10-12-24)20(25)18-14-17(21-22-18)19-4-3-13-29-19/h3-8,13-14H,2,9-12H2,1H3,(H,21,22). The molecule has 8 nitrogen and oxygen atoms in total. The molecule has 2 aromatic heterocycles. The molecule has 3 aromatic rings. The molecule has 0 spiro atoms. The van der Waals surface area contributed by atoms with Gasteiger partial charge < -0.3 is 9.64 Å². The fourth-order valence-corrected chi connectivity index (χ4v) is 5.42. The molecular weight excluding hydrogens is 424 g/mol. The summed E-state index contributed by atoms with van der Waals surface area (Å²) >= 11 is 1.56. The minimum atomic E-state index is -3.61. The molecule has 4 rings (SSSR count). The maximum atomic E-state index is 12.9. The number of aromatic nitrogens is 2. The molecule has 0 atom stereocenters. The Kier molecular flexibility index (Phi) is 5.89. The number of nitrogens with zero attached hydrogens (tertiary/aromatic N) is 3. The lowest BCUT2D eigenvalue weighted by Crippen LogP contribution is -2.50. The van der Waals surface area contributed by atoms with Crippen LogP contribution in [0.5, 0.6) is 5.75 Å². The molecule has 1 aliphatic heterocycles. The minimum absolute atomic E-state index is 0.202. The first-order chi connectivity index (χ1) is 14.5. The molecule has 0 radical (unpaired) electrons. The van der Waals surface area contributed by atoms with Crippen molar-refractivity contribution >= 4 is 27.3 Å². The summed E-state index contributed by atoms with van der Waals surface area (Å²) < 4.78 is 32.6. The van der Waals surface area contributed by atoms with Gasteiger partial charge in [-0.1, -0.05) is 6.07 Å². The number of amides is 1. The molecule has 0 saturated carbocycles. The molecule has 10 heteroatoms. The van der Waals surface area contributed by atoms with Gasteiger partial charge in [0.05, 0.1) is 22.1 Å². The van der Waals surface area contributed by atoms with Gasteiger partial charge in [-0.05, 0) is 48.7 Å². The maximum Gasteiger partial charge on any atom is 0.274 e. The summed E-state index contributed by atoms with van der Waals surface area (Å²) in [6, 6.07) is 12.0. The molecule has 1 saturated heterocycles. The van der Waals surface area contributed by atoms with Gasteiger partial charge in [-0.15, -0.1) is 11.3 Å². The van der Waals surface area contributed by atoms with Crippen LogP contribution in [0.3, 0.4) is 0 Å². The largest absolute Gasteiger partial charge is 0.494 e. The van der Waals surface area contributed by atoms with Crippen LogP contribution in [0.25, 0.3) is 10.6 Å². The van der Waals surface area contributed by atoms with E-state index in [-0.39, 0.29) is 23.9 Å². The number of piperazine rings is 1. The van der Waals surface area contributed by atoms with Crippen molar-refractivity contribution in [3.8, 4) is 16.3 Å². The number of hydrogen-bond acceptors (Lipinski definition) is 6. The van der Waals surface area contributed by atoms with Crippen LogP contribution >= 0.6 is 11.3 Å². The summed E-state index contributed by atoms with van der Waals surface area (Å²) in [5.74, 6) is 0.431. The van der Waals surface area contributed by atoms with Crippen molar-refractivity contribution in [2.75, 3.05) is 32.8 Å². The van der Waals surface area contributed by atoms with Gasteiger partial charge in [-0.25, -0.2) is 8.42 Å². The van der Waals surface area contributed by atoms with Gasteiger partial charge in [0.2, 0.25) is 10.0 Å². The summed E-state index contributed by atoms with van der Waals surface area (Å²) in [5.41, 5.74) is 1.13. The van der Waals surface area contributed by atoms with Crippen LogP contribution < -0.4 is 4.74 Å². The van der Waals surface area contributed by atoms with E-state index in [0.717, 1.165) is 10.6 Å². The molecule has 1 N–H and O–H groups in total. The number of aromatic amines is 1. The van der Waals surface area contributed by atoms with Gasteiger partial charge in [0.15, 0.2) is 5.69 Å². The number of nitrogens with one attached hydrogen (secondary N) is 1. The van der Waals surface area contributed by atoms with E-state index < -0.39 is 10.0 Å². The Morgan fingerprint density at radius 3 is 2.53 bits per heavy atom. The van der Waals surface area contributed by atoms with Crippen molar-refractivity contribution < 1.29 is 17.9 Å². The predicted molar refractivity (Wildman–Crippen MR) is 114 cm³/mol. The number of hydrogen-bond donors (Lipinski definition) is 1. The highest BCUT2D eigenvalue weighted by atomic mass is 32.2. The fraction of sp³-hybridized carbons (Fsp3) is 0.300. The van der Waals surface area contributed by atoms with Crippen LogP contribution in [0, 0.1) is 0 Å². The van der Waals surface area contributed by atoms with E-state index in [4.69, 9.17) is 4.74 Å². The van der Waals surface area contributed by atoms with Gasteiger partial charge in [0.1, 0.15) is 5.75 Å². The summed E-state index contributed by atoms with van der Waals surface area (Å²) in [6.07, 6.45) is 0. The second-order valence-corrected chi connectivity index (χ2v) is 9.63. The van der Waals surface area contributed by atoms with E-state index in [9.17, 15) is 13.2 Å². The molecule has 1 aliphatic rings. The van der Waals surface area contributed by atoms with Crippen molar-refractivity contribution in [1.29, 1.82) is 0 Å². The third-order valence-corrected chi connectivity index (χ3v) is 7.70. The average Bonchev–Trinajstić information content (AvgIpc) is 3.46. The van der Waals surface area contributed by atoms with Gasteiger partial charge in [0, 0.05) is 26.2 Å². The van der Waals surface area contributed by atoms with E-state index >= 15 is 0 Å². The number of rotatable bonds is 6. The highest BCUT2D eigenvalue weighted by Crippen LogP contribution is 2.24. The van der Waals surface area contributed by atoms with Gasteiger partial charge in [-0.2, -0.15) is 9.40 Å².